The predicted octanol–water partition coefficient (Wildman–Crippen LogP) is -0.199. The molecule has 0 bridgehead atoms. The number of aliphatic hydroxyl groups is 1. The maximum Gasteiger partial charge on any atom is 0.303 e. The highest BCUT2D eigenvalue weighted by molar-refractivity contribution is 5.80. The van der Waals surface area contributed by atoms with E-state index in [0.29, 0.717) is 0 Å². The van der Waals surface area contributed by atoms with Crippen LogP contribution in [0, 0.1) is 0 Å². The number of hydrogen-bond donors (Lipinski definition) is 2. The predicted molar refractivity (Wildman–Crippen MR) is 33.6 cm³/mol. The Morgan fingerprint density at radius 2 is 2.00 bits per heavy atom. The van der Waals surface area contributed by atoms with E-state index in [0.717, 1.165) is 0 Å². The molecule has 0 rings (SSSR count). The normalized spacial score (nSPS) is 12.6. The van der Waals surface area contributed by atoms with Gasteiger partial charge >= 0.3 is 5.97 Å². The van der Waals surface area contributed by atoms with Gasteiger partial charge in [-0.15, -0.1) is 0 Å². The van der Waals surface area contributed by atoms with Gasteiger partial charge in [-0.2, -0.15) is 0 Å². The van der Waals surface area contributed by atoms with Crippen LogP contribution in [0.25, 0.3) is 0 Å². The van der Waals surface area contributed by atoms with Crippen LogP contribution < -0.4 is 0 Å². The molecule has 0 spiro atoms. The molecule has 0 saturated carbocycles. The van der Waals surface area contributed by atoms with E-state index in [9.17, 15) is 9.59 Å². The van der Waals surface area contributed by atoms with Gasteiger partial charge in [-0.3, -0.25) is 9.59 Å². The molecule has 0 aromatic carbocycles. The first-order valence-corrected chi connectivity index (χ1v) is 2.94. The van der Waals surface area contributed by atoms with E-state index in [2.05, 4.69) is 0 Å². The highest BCUT2D eigenvalue weighted by Gasteiger charge is 2.10. The second-order valence-electron chi connectivity index (χ2n) is 2.06. The van der Waals surface area contributed by atoms with Gasteiger partial charge in [0.1, 0.15) is 6.10 Å². The third kappa shape index (κ3) is 4.03. The van der Waals surface area contributed by atoms with Gasteiger partial charge in [0.25, 0.3) is 0 Å². The molecular formula is C6H10O4. The summed E-state index contributed by atoms with van der Waals surface area (Å²) in [5.41, 5.74) is 0. The number of carboxylic acids is 1. The number of rotatable bonds is 4. The summed E-state index contributed by atoms with van der Waals surface area (Å²) in [7, 11) is 0. The summed E-state index contributed by atoms with van der Waals surface area (Å²) in [5, 5.41) is 16.9. The molecule has 0 radical (unpaired) electrons. The molecule has 0 aliphatic heterocycles. The number of carboxylic acid groups (broad SMARTS) is 1. The molecule has 4 heteroatoms. The van der Waals surface area contributed by atoms with Crippen LogP contribution in [0.5, 0.6) is 0 Å². The van der Waals surface area contributed by atoms with E-state index in [4.69, 9.17) is 10.2 Å². The zero-order valence-electron chi connectivity index (χ0n) is 5.70. The summed E-state index contributed by atoms with van der Waals surface area (Å²) in [5.74, 6) is -1.39. The highest BCUT2D eigenvalue weighted by Crippen LogP contribution is 1.97. The molecule has 2 N–H and O–H groups in total. The monoisotopic (exact) mass is 146 g/mol. The van der Waals surface area contributed by atoms with Gasteiger partial charge in [0, 0.05) is 6.42 Å². The summed E-state index contributed by atoms with van der Waals surface area (Å²) in [4.78, 5) is 20.2. The number of Topliss-reactive ketones (excluding diaryl/α,β-unsaturated/α-hetero) is 1. The topological polar surface area (TPSA) is 74.6 Å². The minimum absolute atomic E-state index is 0.00463. The van der Waals surface area contributed by atoms with Crippen molar-refractivity contribution in [2.75, 3.05) is 0 Å². The molecule has 0 unspecified atom stereocenters. The number of carbonyl (C=O) groups is 2. The Kier molecular flexibility index (Phi) is 3.64. The molecule has 0 aromatic rings. The zero-order chi connectivity index (χ0) is 8.15. The molecule has 58 valence electrons. The zero-order valence-corrected chi connectivity index (χ0v) is 5.70. The Morgan fingerprint density at radius 3 is 2.30 bits per heavy atom. The van der Waals surface area contributed by atoms with Crippen LogP contribution in [-0.2, 0) is 9.59 Å². The molecule has 10 heavy (non-hydrogen) atoms. The van der Waals surface area contributed by atoms with Crippen molar-refractivity contribution in [1.82, 2.24) is 0 Å². The fraction of sp³-hybridized carbons (Fsp3) is 0.667. The molecule has 1 atom stereocenters. The van der Waals surface area contributed by atoms with E-state index in [1.807, 2.05) is 0 Å². The minimum Gasteiger partial charge on any atom is -0.481 e. The van der Waals surface area contributed by atoms with Crippen molar-refractivity contribution >= 4 is 11.8 Å². The lowest BCUT2D eigenvalue weighted by Gasteiger charge is -2.01. The number of aliphatic hydroxyl groups excluding tert-OH is 1. The van der Waals surface area contributed by atoms with Crippen LogP contribution in [0.1, 0.15) is 19.8 Å². The Balaban J connectivity index is 3.49. The molecule has 0 aliphatic rings. The molecule has 0 saturated heterocycles. The fourth-order valence-corrected chi connectivity index (χ4v) is 0.463. The first-order chi connectivity index (χ1) is 4.54. The molecule has 0 aliphatic carbocycles. The van der Waals surface area contributed by atoms with Gasteiger partial charge in [0.2, 0.25) is 0 Å². The van der Waals surface area contributed by atoms with Crippen LogP contribution >= 0.6 is 0 Å². The lowest BCUT2D eigenvalue weighted by Crippen LogP contribution is -2.17. The first kappa shape index (κ1) is 9.10. The largest absolute Gasteiger partial charge is 0.481 e. The van der Waals surface area contributed by atoms with Gasteiger partial charge in [0.05, 0.1) is 0 Å². The Bertz CT molecular complexity index is 141. The molecule has 0 aromatic heterocycles. The van der Waals surface area contributed by atoms with Crippen molar-refractivity contribution in [2.24, 2.45) is 0 Å². The summed E-state index contributed by atoms with van der Waals surface area (Å²) >= 11 is 0. The molecule has 0 heterocycles. The second kappa shape index (κ2) is 4.00. The van der Waals surface area contributed by atoms with Crippen molar-refractivity contribution in [3.8, 4) is 0 Å². The third-order valence-electron chi connectivity index (χ3n) is 1.10. The lowest BCUT2D eigenvalue weighted by atomic mass is 10.1. The van der Waals surface area contributed by atoms with Crippen molar-refractivity contribution in [3.63, 3.8) is 0 Å². The third-order valence-corrected chi connectivity index (χ3v) is 1.10. The molecular weight excluding hydrogens is 136 g/mol. The van der Waals surface area contributed by atoms with Crippen molar-refractivity contribution in [3.05, 3.63) is 0 Å². The van der Waals surface area contributed by atoms with Gasteiger partial charge in [0.15, 0.2) is 5.78 Å². The summed E-state index contributed by atoms with van der Waals surface area (Å²) < 4.78 is 0. The maximum atomic E-state index is 10.3. The van der Waals surface area contributed by atoms with Crippen LogP contribution in [0.3, 0.4) is 0 Å². The first-order valence-electron chi connectivity index (χ1n) is 2.94. The molecule has 4 nitrogen and oxygen atoms in total. The average molecular weight is 146 g/mol. The van der Waals surface area contributed by atoms with Crippen molar-refractivity contribution in [2.45, 2.75) is 25.9 Å². The number of aliphatic carboxylic acids is 1. The van der Waals surface area contributed by atoms with E-state index in [-0.39, 0.29) is 18.6 Å². The van der Waals surface area contributed by atoms with Gasteiger partial charge in [-0.1, -0.05) is 0 Å². The second-order valence-corrected chi connectivity index (χ2v) is 2.06. The molecule has 0 fully saturated rings. The highest BCUT2D eigenvalue weighted by atomic mass is 16.4. The number of ketones is 1. The van der Waals surface area contributed by atoms with Crippen molar-refractivity contribution in [1.29, 1.82) is 0 Å². The summed E-state index contributed by atoms with van der Waals surface area (Å²) in [6.07, 6.45) is -1.28. The minimum atomic E-state index is -1.11. The van der Waals surface area contributed by atoms with E-state index < -0.39 is 12.1 Å². The van der Waals surface area contributed by atoms with Crippen LogP contribution in [0.2, 0.25) is 0 Å². The fourth-order valence-electron chi connectivity index (χ4n) is 0.463. The maximum absolute atomic E-state index is 10.3. The smallest absolute Gasteiger partial charge is 0.303 e. The van der Waals surface area contributed by atoms with Gasteiger partial charge < -0.3 is 10.2 Å². The SMILES string of the molecule is CC(=O)[C@@H](O)CCC(=O)O. The summed E-state index contributed by atoms with van der Waals surface area (Å²) in [6.45, 7) is 1.23. The molecule has 0 amide bonds. The number of carbonyl (C=O) groups excluding carboxylic acids is 1. The Labute approximate surface area is 58.5 Å². The van der Waals surface area contributed by atoms with Crippen LogP contribution in [-0.4, -0.2) is 28.1 Å². The van der Waals surface area contributed by atoms with E-state index >= 15 is 0 Å². The number of hydrogen-bond acceptors (Lipinski definition) is 3. The van der Waals surface area contributed by atoms with Crippen LogP contribution in [0.4, 0.5) is 0 Å². The van der Waals surface area contributed by atoms with E-state index in [1.54, 1.807) is 0 Å². The average Bonchev–Trinajstić information content (AvgIpc) is 1.82. The lowest BCUT2D eigenvalue weighted by molar-refractivity contribution is -0.138. The Morgan fingerprint density at radius 1 is 1.50 bits per heavy atom. The van der Waals surface area contributed by atoms with Gasteiger partial charge in [-0.05, 0) is 13.3 Å². The van der Waals surface area contributed by atoms with Gasteiger partial charge in [-0.25, -0.2) is 0 Å². The summed E-state index contributed by atoms with van der Waals surface area (Å²) in [6, 6.07) is 0. The quantitative estimate of drug-likeness (QED) is 0.576. The Hall–Kier alpha value is -0.900. The van der Waals surface area contributed by atoms with Crippen LogP contribution in [0.15, 0.2) is 0 Å². The van der Waals surface area contributed by atoms with Crippen molar-refractivity contribution < 1.29 is 19.8 Å². The standard InChI is InChI=1S/C6H10O4/c1-4(7)5(8)2-3-6(9)10/h5,8H,2-3H2,1H3,(H,9,10)/t5-/m0/s1. The van der Waals surface area contributed by atoms with E-state index in [1.165, 1.54) is 6.92 Å².